The number of amides is 1. The number of aromatic nitrogens is 3. The molecule has 4 aromatic rings. The minimum atomic E-state index is -5.19. The van der Waals surface area contributed by atoms with Crippen LogP contribution in [-0.2, 0) is 22.6 Å². The Morgan fingerprint density at radius 1 is 0.892 bits per heavy atom. The van der Waals surface area contributed by atoms with Crippen molar-refractivity contribution in [2.45, 2.75) is 25.1 Å². The number of benzene rings is 3. The van der Waals surface area contributed by atoms with E-state index in [1.807, 2.05) is 72.8 Å². The van der Waals surface area contributed by atoms with E-state index in [1.165, 1.54) is 4.80 Å². The zero-order valence-electron chi connectivity index (χ0n) is 19.1. The molecule has 7 nitrogen and oxygen atoms in total. The van der Waals surface area contributed by atoms with Crippen LogP contribution >= 0.6 is 23.2 Å². The molecule has 1 atom stereocenters. The number of rotatable bonds is 7. The highest BCUT2D eigenvalue weighted by Crippen LogP contribution is 2.23. The Balaban J connectivity index is 0.000000479. The number of carbonyl (C=O) groups excluding carboxylic acids is 2. The summed E-state index contributed by atoms with van der Waals surface area (Å²) in [6.45, 7) is 0.562. The van der Waals surface area contributed by atoms with Crippen molar-refractivity contribution < 1.29 is 27.9 Å². The Morgan fingerprint density at radius 2 is 1.38 bits per heavy atom. The Hall–Kier alpha value is -3.63. The van der Waals surface area contributed by atoms with Gasteiger partial charge in [-0.3, -0.25) is 4.79 Å². The largest absolute Gasteiger partial charge is 0.542 e. The van der Waals surface area contributed by atoms with Gasteiger partial charge in [0.05, 0.1) is 0 Å². The highest BCUT2D eigenvalue weighted by molar-refractivity contribution is 6.30. The molecule has 0 saturated heterocycles. The average Bonchev–Trinajstić information content (AvgIpc) is 3.25. The molecule has 1 aromatic heterocycles. The summed E-state index contributed by atoms with van der Waals surface area (Å²) in [4.78, 5) is 22.7. The van der Waals surface area contributed by atoms with Crippen LogP contribution < -0.4 is 10.4 Å². The highest BCUT2D eigenvalue weighted by Gasteiger charge is 2.28. The second kappa shape index (κ2) is 12.6. The minimum Gasteiger partial charge on any atom is -0.542 e. The van der Waals surface area contributed by atoms with E-state index in [9.17, 15) is 18.0 Å². The third kappa shape index (κ3) is 8.76. The van der Waals surface area contributed by atoms with Crippen molar-refractivity contribution in [2.24, 2.45) is 0 Å². The summed E-state index contributed by atoms with van der Waals surface area (Å²) in [7, 11) is 0. The van der Waals surface area contributed by atoms with Gasteiger partial charge in [-0.15, -0.1) is 0 Å². The normalized spacial score (nSPS) is 11.9. The molecule has 1 amide bonds. The van der Waals surface area contributed by atoms with Gasteiger partial charge in [0.15, 0.2) is 0 Å². The summed E-state index contributed by atoms with van der Waals surface area (Å²) in [6.07, 6.45) is -4.43. The van der Waals surface area contributed by atoms with Crippen molar-refractivity contribution in [3.05, 3.63) is 94.0 Å². The lowest BCUT2D eigenvalue weighted by atomic mass is 9.92. The summed E-state index contributed by atoms with van der Waals surface area (Å²) < 4.78 is 31.5. The van der Waals surface area contributed by atoms with Crippen LogP contribution in [0.4, 0.5) is 13.2 Å². The monoisotopic (exact) mass is 551 g/mol. The van der Waals surface area contributed by atoms with Crippen molar-refractivity contribution in [3.63, 3.8) is 0 Å². The maximum Gasteiger partial charge on any atom is 0.430 e. The summed E-state index contributed by atoms with van der Waals surface area (Å²) in [5, 5.41) is 21.9. The number of halogens is 5. The number of nitrogens with zero attached hydrogens (tertiary/aromatic N) is 3. The van der Waals surface area contributed by atoms with Gasteiger partial charge < -0.3 is 15.2 Å². The maximum atomic E-state index is 12.5. The molecule has 12 heteroatoms. The van der Waals surface area contributed by atoms with Crippen molar-refractivity contribution in [1.29, 1.82) is 0 Å². The number of aliphatic carboxylic acids is 1. The fraction of sp³-hybridized carbons (Fsp3) is 0.200. The van der Waals surface area contributed by atoms with Crippen molar-refractivity contribution in [2.75, 3.05) is 6.54 Å². The lowest BCUT2D eigenvalue weighted by Crippen LogP contribution is -2.37. The van der Waals surface area contributed by atoms with Crippen LogP contribution in [0.5, 0.6) is 0 Å². The average molecular weight is 552 g/mol. The maximum absolute atomic E-state index is 12.5. The number of carboxylic acids is 1. The van der Waals surface area contributed by atoms with Gasteiger partial charge in [0, 0.05) is 22.5 Å². The fourth-order valence-electron chi connectivity index (χ4n) is 3.34. The number of hydrogen-bond donors (Lipinski definition) is 1. The quantitative estimate of drug-likeness (QED) is 0.371. The Bertz CT molecular complexity index is 1310. The predicted octanol–water partition coefficient (Wildman–Crippen LogP) is 4.18. The zero-order chi connectivity index (χ0) is 27.0. The smallest absolute Gasteiger partial charge is 0.430 e. The number of nitrogens with one attached hydrogen (secondary N) is 1. The first-order valence-electron chi connectivity index (χ1n) is 10.9. The second-order valence-electron chi connectivity index (χ2n) is 7.89. The van der Waals surface area contributed by atoms with E-state index in [1.54, 1.807) is 0 Å². The van der Waals surface area contributed by atoms with Gasteiger partial charge in [0.25, 0.3) is 0 Å². The first-order chi connectivity index (χ1) is 17.5. The van der Waals surface area contributed by atoms with Gasteiger partial charge in [-0.05, 0) is 53.9 Å². The van der Waals surface area contributed by atoms with Gasteiger partial charge in [-0.2, -0.15) is 28.2 Å². The SMILES string of the molecule is O=C(Cn1nc2ccccc2n1)NC[C@H](Cc1ccc(Cl)cc1)c1ccc(Cl)cc1.O=C([O-])C(F)(F)F. The molecule has 0 saturated carbocycles. The van der Waals surface area contributed by atoms with E-state index in [0.29, 0.717) is 16.6 Å². The summed E-state index contributed by atoms with van der Waals surface area (Å²) in [5.41, 5.74) is 3.80. The number of fused-ring (bicyclic) bond motifs is 1. The van der Waals surface area contributed by atoms with E-state index in [-0.39, 0.29) is 18.4 Å². The molecule has 1 N–H and O–H groups in total. The molecule has 0 spiro atoms. The summed E-state index contributed by atoms with van der Waals surface area (Å²) in [6, 6.07) is 23.0. The van der Waals surface area contributed by atoms with Crippen LogP contribution in [0.25, 0.3) is 11.0 Å². The van der Waals surface area contributed by atoms with Gasteiger partial charge in [0.1, 0.15) is 23.5 Å². The number of alkyl halides is 3. The molecule has 4 rings (SSSR count). The number of hydrogen-bond acceptors (Lipinski definition) is 5. The molecule has 1 heterocycles. The van der Waals surface area contributed by atoms with Crippen LogP contribution in [0.15, 0.2) is 72.8 Å². The Morgan fingerprint density at radius 3 is 1.86 bits per heavy atom. The van der Waals surface area contributed by atoms with Gasteiger partial charge >= 0.3 is 6.18 Å². The van der Waals surface area contributed by atoms with Crippen molar-refractivity contribution in [1.82, 2.24) is 20.3 Å². The molecule has 194 valence electrons. The summed E-state index contributed by atoms with van der Waals surface area (Å²) in [5.74, 6) is -3.05. The topological polar surface area (TPSA) is 99.9 Å². The van der Waals surface area contributed by atoms with Crippen LogP contribution in [-0.4, -0.2) is 39.6 Å². The third-order valence-electron chi connectivity index (χ3n) is 5.13. The molecular formula is C25H20Cl2F3N4O3-. The molecular weight excluding hydrogens is 532 g/mol. The van der Waals surface area contributed by atoms with Crippen LogP contribution in [0, 0.1) is 0 Å². The molecule has 0 bridgehead atoms. The standard InChI is InChI=1S/C23H20Cl2N4O.C2HF3O2/c24-19-9-5-16(6-10-19)13-18(17-7-11-20(25)12-8-17)14-26-23(30)15-29-27-21-3-1-2-4-22(21)28-29;3-2(4,5)1(6)7/h1-12,18H,13-15H2,(H,26,30);(H,6,7)/p-1/t18-;/m0./s1. The molecule has 0 aliphatic rings. The number of carboxylic acid groups (broad SMARTS) is 1. The molecule has 0 aliphatic heterocycles. The number of carbonyl (C=O) groups is 2. The van der Waals surface area contributed by atoms with Gasteiger partial charge in [-0.25, -0.2) is 0 Å². The van der Waals surface area contributed by atoms with Crippen LogP contribution in [0.3, 0.4) is 0 Å². The fourth-order valence-corrected chi connectivity index (χ4v) is 3.60. The molecule has 0 aliphatic carbocycles. The molecule has 0 radical (unpaired) electrons. The first-order valence-corrected chi connectivity index (χ1v) is 11.6. The van der Waals surface area contributed by atoms with E-state index in [2.05, 4.69) is 15.5 Å². The van der Waals surface area contributed by atoms with E-state index >= 15 is 0 Å². The molecule has 3 aromatic carbocycles. The Kier molecular flexibility index (Phi) is 9.48. The molecule has 0 fully saturated rings. The van der Waals surface area contributed by atoms with Crippen molar-refractivity contribution in [3.8, 4) is 0 Å². The van der Waals surface area contributed by atoms with Gasteiger partial charge in [0.2, 0.25) is 5.91 Å². The predicted molar refractivity (Wildman–Crippen MR) is 131 cm³/mol. The zero-order valence-corrected chi connectivity index (χ0v) is 20.6. The molecule has 0 unspecified atom stereocenters. The molecule has 37 heavy (non-hydrogen) atoms. The van der Waals surface area contributed by atoms with Crippen LogP contribution in [0.2, 0.25) is 10.0 Å². The highest BCUT2D eigenvalue weighted by atomic mass is 35.5. The first kappa shape index (κ1) is 27.9. The van der Waals surface area contributed by atoms with E-state index in [4.69, 9.17) is 33.1 Å². The summed E-state index contributed by atoms with van der Waals surface area (Å²) >= 11 is 12.1. The lowest BCUT2D eigenvalue weighted by Gasteiger charge is -2.19. The minimum absolute atomic E-state index is 0.0724. The van der Waals surface area contributed by atoms with E-state index < -0.39 is 12.1 Å². The lowest BCUT2D eigenvalue weighted by molar-refractivity contribution is -0.344. The van der Waals surface area contributed by atoms with Crippen molar-refractivity contribution >= 4 is 46.1 Å². The van der Waals surface area contributed by atoms with E-state index in [0.717, 1.165) is 28.6 Å². The van der Waals surface area contributed by atoms with Gasteiger partial charge in [-0.1, -0.05) is 59.6 Å². The Labute approximate surface area is 219 Å². The second-order valence-corrected chi connectivity index (χ2v) is 8.76. The third-order valence-corrected chi connectivity index (χ3v) is 5.63. The van der Waals surface area contributed by atoms with Crippen LogP contribution in [0.1, 0.15) is 17.0 Å².